The van der Waals surface area contributed by atoms with E-state index in [0.717, 1.165) is 9.91 Å². The number of aryl methyl sites for hydroxylation is 2. The van der Waals surface area contributed by atoms with Gasteiger partial charge in [-0.15, -0.1) is 0 Å². The summed E-state index contributed by atoms with van der Waals surface area (Å²) < 4.78 is 13.9. The average molecular weight is 734 g/mol. The van der Waals surface area contributed by atoms with Crippen LogP contribution in [0.4, 0.5) is 15.8 Å². The van der Waals surface area contributed by atoms with E-state index in [1.807, 2.05) is 6.08 Å². The smallest absolute Gasteiger partial charge is 0.335 e. The van der Waals surface area contributed by atoms with Gasteiger partial charge in [-0.25, -0.2) is 9.18 Å². The Balaban J connectivity index is 1.33. The molecule has 10 nitrogen and oxygen atoms in total. The highest BCUT2D eigenvalue weighted by Crippen LogP contribution is 2.64. The number of phenolic OH excluding ortho intramolecular Hbond substituents is 1. The van der Waals surface area contributed by atoms with Gasteiger partial charge in [0.2, 0.25) is 11.8 Å². The number of hydrogen-bond donors (Lipinski definition) is 3. The predicted octanol–water partition coefficient (Wildman–Crippen LogP) is 6.69. The van der Waals surface area contributed by atoms with Gasteiger partial charge in [0.15, 0.2) is 0 Å². The predicted molar refractivity (Wildman–Crippen MR) is 192 cm³/mol. The van der Waals surface area contributed by atoms with Crippen molar-refractivity contribution < 1.29 is 38.6 Å². The highest BCUT2D eigenvalue weighted by Gasteiger charge is 2.70. The third-order valence-corrected chi connectivity index (χ3v) is 11.7. The normalized spacial score (nSPS) is 26.3. The van der Waals surface area contributed by atoms with Gasteiger partial charge in [-0.1, -0.05) is 53.6 Å². The van der Waals surface area contributed by atoms with Gasteiger partial charge < -0.3 is 10.2 Å². The van der Waals surface area contributed by atoms with Gasteiger partial charge >= 0.3 is 5.97 Å². The summed E-state index contributed by atoms with van der Waals surface area (Å²) in [4.78, 5) is 71.5. The standard InChI is InChI=1S/C41H33ClFN3O7/c1-20-16-23(17-21(2)35(20)47)34-29-14-15-30-33(38(50)45(36(30)48)28-5-3-4-22(18-28)39(51)52)31(29)19-32-37(49)46(44-27-12-10-26(43)11-13-27)40(53)41(32,34)24-6-8-25(42)9-7-24/h3-14,16-18,30-34,44,47H,15,19H2,1-2H3,(H,51,52)/t30-,31+,32-,33-,34-,41+/m0/s1. The second-order valence-electron chi connectivity index (χ2n) is 14.2. The number of allylic oxidation sites excluding steroid dienone is 2. The molecule has 2 aliphatic carbocycles. The number of carboxylic acids is 1. The maximum atomic E-state index is 15.3. The molecule has 2 saturated heterocycles. The summed E-state index contributed by atoms with van der Waals surface area (Å²) in [7, 11) is 0. The molecule has 4 aliphatic rings. The number of nitrogens with one attached hydrogen (secondary N) is 1. The molecule has 0 spiro atoms. The van der Waals surface area contributed by atoms with E-state index in [9.17, 15) is 33.8 Å². The molecule has 0 bridgehead atoms. The highest BCUT2D eigenvalue weighted by atomic mass is 35.5. The number of amides is 4. The molecular formula is C41H33ClFN3O7. The molecule has 12 heteroatoms. The molecule has 268 valence electrons. The molecule has 6 atom stereocenters. The fourth-order valence-electron chi connectivity index (χ4n) is 9.22. The van der Waals surface area contributed by atoms with Gasteiger partial charge in [0.25, 0.3) is 11.8 Å². The zero-order chi connectivity index (χ0) is 37.5. The van der Waals surface area contributed by atoms with E-state index in [1.54, 1.807) is 50.2 Å². The van der Waals surface area contributed by atoms with Crippen molar-refractivity contribution >= 4 is 52.6 Å². The van der Waals surface area contributed by atoms with E-state index in [-0.39, 0.29) is 29.8 Å². The molecule has 53 heavy (non-hydrogen) atoms. The first-order valence-electron chi connectivity index (χ1n) is 17.2. The first-order chi connectivity index (χ1) is 25.3. The van der Waals surface area contributed by atoms with Crippen molar-refractivity contribution in [2.75, 3.05) is 10.3 Å². The van der Waals surface area contributed by atoms with Crippen LogP contribution in [0.2, 0.25) is 5.02 Å². The van der Waals surface area contributed by atoms with E-state index < -0.39 is 70.4 Å². The van der Waals surface area contributed by atoms with Gasteiger partial charge in [0.05, 0.1) is 40.1 Å². The summed E-state index contributed by atoms with van der Waals surface area (Å²) >= 11 is 6.36. The lowest BCUT2D eigenvalue weighted by Gasteiger charge is -2.50. The maximum Gasteiger partial charge on any atom is 0.335 e. The number of aromatic carboxylic acids is 1. The van der Waals surface area contributed by atoms with E-state index >= 15 is 4.79 Å². The van der Waals surface area contributed by atoms with Crippen molar-refractivity contribution in [3.05, 3.63) is 135 Å². The van der Waals surface area contributed by atoms with Gasteiger partial charge in [-0.3, -0.25) is 29.5 Å². The topological polar surface area (TPSA) is 144 Å². The Hall–Kier alpha value is -5.81. The van der Waals surface area contributed by atoms with E-state index in [2.05, 4.69) is 5.43 Å². The second-order valence-corrected chi connectivity index (χ2v) is 14.7. The minimum Gasteiger partial charge on any atom is -0.507 e. The van der Waals surface area contributed by atoms with Crippen LogP contribution in [0.1, 0.15) is 51.4 Å². The number of carbonyl (C=O) groups excluding carboxylic acids is 4. The van der Waals surface area contributed by atoms with E-state index in [0.29, 0.717) is 38.5 Å². The highest BCUT2D eigenvalue weighted by molar-refractivity contribution is 6.30. The number of halogens is 2. The molecule has 1 saturated carbocycles. The van der Waals surface area contributed by atoms with Crippen LogP contribution >= 0.6 is 11.6 Å². The van der Waals surface area contributed by atoms with Crippen LogP contribution in [-0.4, -0.2) is 44.8 Å². The van der Waals surface area contributed by atoms with Gasteiger partial charge in [-0.05, 0) is 109 Å². The Morgan fingerprint density at radius 2 is 1.57 bits per heavy atom. The van der Waals surface area contributed by atoms with Gasteiger partial charge in [0.1, 0.15) is 11.6 Å². The fourth-order valence-corrected chi connectivity index (χ4v) is 9.34. The SMILES string of the molecule is Cc1cc([C@H]2C3=CC[C@@H]4C(=O)N(c5cccc(C(=O)O)c5)C(=O)[C@@H]4[C@@H]3C[C@H]3C(=O)N(Nc4ccc(F)cc4)C(=O)[C@@]23c2ccc(Cl)cc2)cc(C)c1O. The molecule has 2 heterocycles. The van der Waals surface area contributed by atoms with Crippen molar-refractivity contribution in [3.63, 3.8) is 0 Å². The number of anilines is 2. The van der Waals surface area contributed by atoms with E-state index in [1.165, 1.54) is 48.5 Å². The monoisotopic (exact) mass is 733 g/mol. The van der Waals surface area contributed by atoms with Crippen LogP contribution in [0, 0.1) is 43.3 Å². The lowest BCUT2D eigenvalue weighted by atomic mass is 9.49. The number of aromatic hydroxyl groups is 1. The first-order valence-corrected chi connectivity index (χ1v) is 17.6. The number of carbonyl (C=O) groups is 5. The summed E-state index contributed by atoms with van der Waals surface area (Å²) in [5.74, 6) is -7.93. The molecule has 4 aromatic rings. The van der Waals surface area contributed by atoms with Crippen LogP contribution < -0.4 is 10.3 Å². The van der Waals surface area contributed by atoms with Crippen LogP contribution in [0.15, 0.2) is 96.6 Å². The molecule has 4 amide bonds. The van der Waals surface area contributed by atoms with E-state index in [4.69, 9.17) is 11.6 Å². The third-order valence-electron chi connectivity index (χ3n) is 11.5. The average Bonchev–Trinajstić information content (AvgIpc) is 3.52. The summed E-state index contributed by atoms with van der Waals surface area (Å²) in [5, 5.41) is 21.9. The van der Waals surface area contributed by atoms with Crippen molar-refractivity contribution in [2.24, 2.45) is 23.7 Å². The summed E-state index contributed by atoms with van der Waals surface area (Å²) in [6.45, 7) is 3.49. The second kappa shape index (κ2) is 12.4. The molecule has 2 aliphatic heterocycles. The van der Waals surface area contributed by atoms with Crippen LogP contribution in [0.3, 0.4) is 0 Å². The fraction of sp³-hybridized carbons (Fsp3) is 0.244. The number of hydrogen-bond acceptors (Lipinski definition) is 7. The number of imide groups is 2. The van der Waals surface area contributed by atoms with Crippen LogP contribution in [-0.2, 0) is 24.6 Å². The Labute approximate surface area is 308 Å². The molecule has 3 fully saturated rings. The Morgan fingerprint density at radius 1 is 0.887 bits per heavy atom. The molecule has 8 rings (SSSR count). The number of fused-ring (bicyclic) bond motifs is 4. The largest absolute Gasteiger partial charge is 0.507 e. The van der Waals surface area contributed by atoms with Crippen molar-refractivity contribution in [3.8, 4) is 5.75 Å². The third kappa shape index (κ3) is 5.08. The quantitative estimate of drug-likeness (QED) is 0.147. The Bertz CT molecular complexity index is 2270. The van der Waals surface area contributed by atoms with Crippen LogP contribution in [0.5, 0.6) is 5.75 Å². The number of carboxylic acid groups (broad SMARTS) is 1. The summed E-state index contributed by atoms with van der Waals surface area (Å²) in [6.07, 6.45) is 2.12. The van der Waals surface area contributed by atoms with Gasteiger partial charge in [-0.2, -0.15) is 5.01 Å². The lowest BCUT2D eigenvalue weighted by Crippen LogP contribution is -2.53. The Morgan fingerprint density at radius 3 is 2.23 bits per heavy atom. The number of rotatable bonds is 6. The zero-order valence-electron chi connectivity index (χ0n) is 28.5. The van der Waals surface area contributed by atoms with Crippen molar-refractivity contribution in [2.45, 2.75) is 38.0 Å². The van der Waals surface area contributed by atoms with Crippen LogP contribution in [0.25, 0.3) is 0 Å². The van der Waals surface area contributed by atoms with Crippen molar-refractivity contribution in [1.82, 2.24) is 5.01 Å². The minimum atomic E-state index is -1.57. The number of hydrazine groups is 1. The molecule has 0 radical (unpaired) electrons. The lowest BCUT2D eigenvalue weighted by molar-refractivity contribution is -0.138. The first kappa shape index (κ1) is 34.3. The molecule has 0 unspecified atom stereocenters. The summed E-state index contributed by atoms with van der Waals surface area (Å²) in [5.41, 5.74) is 4.70. The number of phenols is 1. The number of nitrogens with zero attached hydrogens (tertiary/aromatic N) is 2. The number of benzene rings is 4. The molecule has 3 N–H and O–H groups in total. The zero-order valence-corrected chi connectivity index (χ0v) is 29.3. The minimum absolute atomic E-state index is 0.0381. The molecular weight excluding hydrogens is 701 g/mol. The maximum absolute atomic E-state index is 15.3. The van der Waals surface area contributed by atoms with Gasteiger partial charge in [0, 0.05) is 10.9 Å². The van der Waals surface area contributed by atoms with Crippen molar-refractivity contribution in [1.29, 1.82) is 0 Å². The molecule has 4 aromatic carbocycles. The molecule has 0 aromatic heterocycles. The summed E-state index contributed by atoms with van der Waals surface area (Å²) in [6, 6.07) is 21.2. The Kier molecular flexibility index (Phi) is 8.03.